The van der Waals surface area contributed by atoms with Gasteiger partial charge in [-0.1, -0.05) is 58.0 Å². The first-order chi connectivity index (χ1) is 17.0. The maximum absolute atomic E-state index is 13.4. The van der Waals surface area contributed by atoms with Gasteiger partial charge in [-0.05, 0) is 101 Å². The molecule has 37 heavy (non-hydrogen) atoms. The van der Waals surface area contributed by atoms with Gasteiger partial charge in [0, 0.05) is 12.1 Å². The third kappa shape index (κ3) is 8.64. The van der Waals surface area contributed by atoms with E-state index < -0.39 is 11.7 Å². The molecule has 0 aliphatic heterocycles. The number of hydrogen-bond acceptors (Lipinski definition) is 4. The number of rotatable bonds is 6. The van der Waals surface area contributed by atoms with Crippen molar-refractivity contribution in [2.75, 3.05) is 25.0 Å². The topological polar surface area (TPSA) is 71.2 Å². The number of aliphatic imine (C=N–C) groups is 1. The molecule has 1 amide bonds. The molecule has 2 rings (SSSR count). The fourth-order valence-corrected chi connectivity index (χ4v) is 4.06. The Bertz CT molecular complexity index is 1140. The largest absolute Gasteiger partial charge is 0.443 e. The van der Waals surface area contributed by atoms with Gasteiger partial charge >= 0.3 is 6.09 Å². The van der Waals surface area contributed by atoms with Crippen LogP contribution in [0.1, 0.15) is 76.3 Å². The molecular weight excluding hydrogens is 480 g/mol. The van der Waals surface area contributed by atoms with Crippen LogP contribution >= 0.6 is 12.2 Å². The van der Waals surface area contributed by atoms with Gasteiger partial charge in [-0.25, -0.2) is 14.7 Å². The number of thiocarbonyl (C=S) groups is 1. The zero-order valence-electron chi connectivity index (χ0n) is 24.2. The number of likely N-dealkylation sites (N-methyl/N-ethyl adjacent to an activating group) is 1. The summed E-state index contributed by atoms with van der Waals surface area (Å²) in [5.41, 5.74) is 11.5. The monoisotopic (exact) mass is 524 g/mol. The number of nitrogens with zero attached hydrogens (tertiary/aromatic N) is 3. The van der Waals surface area contributed by atoms with Crippen LogP contribution in [0.3, 0.4) is 0 Å². The second-order valence-electron chi connectivity index (χ2n) is 11.6. The minimum absolute atomic E-state index is 0.0285. The maximum Gasteiger partial charge on any atom is 0.421 e. The summed E-state index contributed by atoms with van der Waals surface area (Å²) in [7, 11) is 2.11. The molecule has 0 bridgehead atoms. The molecule has 0 saturated carbocycles. The third-order valence-corrected chi connectivity index (χ3v) is 6.50. The quantitative estimate of drug-likeness (QED) is 0.264. The Morgan fingerprint density at radius 2 is 1.62 bits per heavy atom. The van der Waals surface area contributed by atoms with Crippen molar-refractivity contribution < 1.29 is 9.53 Å². The number of carbonyl (C=O) groups excluding carboxylic acids is 1. The van der Waals surface area contributed by atoms with Gasteiger partial charge in [0.25, 0.3) is 0 Å². The number of amides is 1. The lowest BCUT2D eigenvalue weighted by Crippen LogP contribution is -2.40. The Labute approximate surface area is 228 Å². The van der Waals surface area contributed by atoms with E-state index in [1.165, 1.54) is 16.0 Å². The normalized spacial score (nSPS) is 12.6. The Kier molecular flexibility index (Phi) is 10.0. The Balaban J connectivity index is 2.47. The third-order valence-electron chi connectivity index (χ3n) is 6.23. The molecule has 6 nitrogen and oxygen atoms in total. The number of anilines is 1. The molecule has 2 aromatic rings. The molecule has 0 aliphatic rings. The lowest BCUT2D eigenvalue weighted by atomic mass is 9.87. The average molecular weight is 525 g/mol. The zero-order valence-corrected chi connectivity index (χ0v) is 25.0. The molecule has 0 atom stereocenters. The molecule has 7 heteroatoms. The van der Waals surface area contributed by atoms with Gasteiger partial charge in [-0.3, -0.25) is 0 Å². The predicted octanol–water partition coefficient (Wildman–Crippen LogP) is 6.53. The average Bonchev–Trinajstić information content (AvgIpc) is 2.78. The summed E-state index contributed by atoms with van der Waals surface area (Å²) in [5.74, 6) is 0.243. The predicted molar refractivity (Wildman–Crippen MR) is 160 cm³/mol. The van der Waals surface area contributed by atoms with E-state index in [9.17, 15) is 4.79 Å². The van der Waals surface area contributed by atoms with Crippen molar-refractivity contribution in [2.24, 2.45) is 10.7 Å². The van der Waals surface area contributed by atoms with Crippen LogP contribution in [0.15, 0.2) is 41.4 Å². The zero-order chi connectivity index (χ0) is 28.1. The smallest absolute Gasteiger partial charge is 0.421 e. The molecule has 0 unspecified atom stereocenters. The molecule has 0 radical (unpaired) electrons. The van der Waals surface area contributed by atoms with Gasteiger partial charge in [0.2, 0.25) is 5.11 Å². The van der Waals surface area contributed by atoms with Gasteiger partial charge in [0.1, 0.15) is 11.4 Å². The summed E-state index contributed by atoms with van der Waals surface area (Å²) in [5, 5.41) is 0.0348. The van der Waals surface area contributed by atoms with Crippen molar-refractivity contribution in [3.05, 3.63) is 64.2 Å². The second kappa shape index (κ2) is 12.2. The summed E-state index contributed by atoms with van der Waals surface area (Å²) in [6.45, 7) is 20.1. The summed E-state index contributed by atoms with van der Waals surface area (Å²) in [6.07, 6.45) is 0.335. The highest BCUT2D eigenvalue weighted by atomic mass is 32.1. The number of benzene rings is 2. The van der Waals surface area contributed by atoms with Gasteiger partial charge in [-0.15, -0.1) is 0 Å². The van der Waals surface area contributed by atoms with Gasteiger partial charge in [0.15, 0.2) is 0 Å². The second-order valence-corrected chi connectivity index (χ2v) is 12.0. The molecule has 0 aromatic heterocycles. The molecule has 0 heterocycles. The number of aryl methyl sites for hydroxylation is 2. The van der Waals surface area contributed by atoms with Crippen LogP contribution in [0.2, 0.25) is 0 Å². The molecular formula is C30H44N4O2S. The molecule has 0 spiro atoms. The number of carbonyl (C=O) groups is 1. The van der Waals surface area contributed by atoms with Crippen LogP contribution in [0.4, 0.5) is 10.5 Å². The fourth-order valence-electron chi connectivity index (χ4n) is 3.79. The lowest BCUT2D eigenvalue weighted by Gasteiger charge is -2.28. The van der Waals surface area contributed by atoms with E-state index in [1.54, 1.807) is 0 Å². The van der Waals surface area contributed by atoms with Crippen LogP contribution in [-0.2, 0) is 16.6 Å². The van der Waals surface area contributed by atoms with Gasteiger partial charge in [0.05, 0.1) is 5.69 Å². The molecule has 0 fully saturated rings. The van der Waals surface area contributed by atoms with E-state index >= 15 is 0 Å². The number of hydrogen-bond donors (Lipinski definition) is 1. The summed E-state index contributed by atoms with van der Waals surface area (Å²) < 4.78 is 5.72. The minimum atomic E-state index is -0.698. The Morgan fingerprint density at radius 1 is 1.03 bits per heavy atom. The van der Waals surface area contributed by atoms with E-state index in [2.05, 4.69) is 57.6 Å². The SMILES string of the molecule is CCN(C)CCc1cc(C)c(N(C(=O)OC(C)(C)C)C(=S)N=C(N)c2ccc(C(C)(C)C)cc2)cc1C. The van der Waals surface area contributed by atoms with E-state index in [4.69, 9.17) is 22.7 Å². The van der Waals surface area contributed by atoms with Crippen molar-refractivity contribution in [3.63, 3.8) is 0 Å². The van der Waals surface area contributed by atoms with Crippen molar-refractivity contribution in [3.8, 4) is 0 Å². The van der Waals surface area contributed by atoms with Crippen LogP contribution in [0.5, 0.6) is 0 Å². The van der Waals surface area contributed by atoms with E-state index in [0.717, 1.165) is 36.2 Å². The fraction of sp³-hybridized carbons (Fsp3) is 0.500. The van der Waals surface area contributed by atoms with Crippen LogP contribution in [-0.4, -0.2) is 47.7 Å². The first-order valence-corrected chi connectivity index (χ1v) is 13.2. The summed E-state index contributed by atoms with van der Waals surface area (Å²) in [4.78, 5) is 21.5. The van der Waals surface area contributed by atoms with E-state index in [-0.39, 0.29) is 16.4 Å². The molecule has 0 aliphatic carbocycles. The summed E-state index contributed by atoms with van der Waals surface area (Å²) in [6, 6.07) is 12.0. The maximum atomic E-state index is 13.4. The Morgan fingerprint density at radius 3 is 2.14 bits per heavy atom. The van der Waals surface area contributed by atoms with Gasteiger partial charge < -0.3 is 15.4 Å². The van der Waals surface area contributed by atoms with E-state index in [1.807, 2.05) is 58.0 Å². The van der Waals surface area contributed by atoms with Crippen LogP contribution in [0.25, 0.3) is 0 Å². The number of ether oxygens (including phenoxy) is 1. The number of amidine groups is 1. The highest BCUT2D eigenvalue weighted by molar-refractivity contribution is 7.80. The molecule has 2 N–H and O–H groups in total. The minimum Gasteiger partial charge on any atom is -0.443 e. The van der Waals surface area contributed by atoms with Crippen LogP contribution < -0.4 is 10.6 Å². The van der Waals surface area contributed by atoms with Crippen molar-refractivity contribution in [1.82, 2.24) is 4.90 Å². The first kappa shape index (κ1) is 30.5. The molecule has 2 aromatic carbocycles. The van der Waals surface area contributed by atoms with Crippen LogP contribution in [0, 0.1) is 13.8 Å². The first-order valence-electron chi connectivity index (χ1n) is 12.8. The molecule has 0 saturated heterocycles. The van der Waals surface area contributed by atoms with Crippen molar-refractivity contribution in [1.29, 1.82) is 0 Å². The standard InChI is InChI=1S/C30H44N4O2S/c1-11-33(10)17-16-23-18-21(3)25(19-20(23)2)34(28(35)36-30(7,8)9)27(37)32-26(31)22-12-14-24(15-13-22)29(4,5)6/h12-15,18-19H,11,16-17H2,1-10H3,(H2,31,32,37). The van der Waals surface area contributed by atoms with E-state index in [0.29, 0.717) is 5.69 Å². The number of nitrogens with two attached hydrogens (primary N) is 1. The highest BCUT2D eigenvalue weighted by Gasteiger charge is 2.28. The highest BCUT2D eigenvalue weighted by Crippen LogP contribution is 2.28. The Hall–Kier alpha value is -2.77. The lowest BCUT2D eigenvalue weighted by molar-refractivity contribution is 0.0604. The van der Waals surface area contributed by atoms with Crippen molar-refractivity contribution in [2.45, 2.75) is 79.8 Å². The molecule has 202 valence electrons. The van der Waals surface area contributed by atoms with Gasteiger partial charge in [-0.2, -0.15) is 0 Å². The summed E-state index contributed by atoms with van der Waals surface area (Å²) >= 11 is 5.67. The van der Waals surface area contributed by atoms with Crippen molar-refractivity contribution >= 4 is 34.9 Å².